The van der Waals surface area contributed by atoms with E-state index in [1.54, 1.807) is 12.1 Å². The number of hydrogen-bond donors (Lipinski definition) is 3. The molecule has 1 heterocycles. The number of rotatable bonds is 11. The first-order valence-corrected chi connectivity index (χ1v) is 9.36. The molecule has 0 bridgehead atoms. The molecule has 1 aromatic rings. The molecule has 136 valence electrons. The van der Waals surface area contributed by atoms with Crippen LogP contribution in [0.3, 0.4) is 0 Å². The van der Waals surface area contributed by atoms with Crippen LogP contribution in [0.25, 0.3) is 0 Å². The smallest absolute Gasteiger partial charge is 0.119 e. The summed E-state index contributed by atoms with van der Waals surface area (Å²) in [6.45, 7) is 9.52. The van der Waals surface area contributed by atoms with Crippen LogP contribution in [0.5, 0.6) is 11.5 Å². The molecule has 1 aromatic carbocycles. The lowest BCUT2D eigenvalue weighted by atomic mass is 10.1. The van der Waals surface area contributed by atoms with Crippen LogP contribution in [-0.4, -0.2) is 61.9 Å². The zero-order chi connectivity index (χ0) is 17.0. The van der Waals surface area contributed by atoms with Crippen molar-refractivity contribution in [3.63, 3.8) is 0 Å². The number of phenols is 1. The maximum atomic E-state index is 9.34. The molecule has 1 atom stereocenters. The van der Waals surface area contributed by atoms with E-state index >= 15 is 0 Å². The maximum Gasteiger partial charge on any atom is 0.119 e. The topological polar surface area (TPSA) is 56.8 Å². The second-order valence-corrected chi connectivity index (χ2v) is 6.54. The quantitative estimate of drug-likeness (QED) is 0.541. The molecule has 2 rings (SSSR count). The van der Waals surface area contributed by atoms with E-state index in [9.17, 15) is 5.11 Å². The number of aromatic hydroxyl groups is 1. The summed E-state index contributed by atoms with van der Waals surface area (Å²) in [7, 11) is 0. The first-order chi connectivity index (χ1) is 11.8. The van der Waals surface area contributed by atoms with Crippen LogP contribution < -0.4 is 15.4 Å². The van der Waals surface area contributed by atoms with Gasteiger partial charge in [-0.25, -0.2) is 0 Å². The summed E-state index contributed by atoms with van der Waals surface area (Å²) in [5.74, 6) is 1.09. The molecular weight excluding hydrogens is 302 g/mol. The van der Waals surface area contributed by atoms with Gasteiger partial charge in [0.15, 0.2) is 0 Å². The Morgan fingerprint density at radius 1 is 1.21 bits per heavy atom. The standard InChI is InChI=1S/C19H33N3O2/c1-2-3-4-5-17(16-24-19-8-6-18(23)7-9-19)21-12-15-22-13-10-20-11-14-22/h6-9,17,20-21,23H,2-5,10-16H2,1H3. The highest BCUT2D eigenvalue weighted by molar-refractivity contribution is 5.30. The molecular formula is C19H33N3O2. The largest absolute Gasteiger partial charge is 0.508 e. The first-order valence-electron chi connectivity index (χ1n) is 9.36. The lowest BCUT2D eigenvalue weighted by Gasteiger charge is -2.28. The summed E-state index contributed by atoms with van der Waals surface area (Å²) in [6.07, 6.45) is 4.90. The molecule has 0 aliphatic carbocycles. The number of nitrogens with one attached hydrogen (secondary N) is 2. The Hall–Kier alpha value is -1.30. The van der Waals surface area contributed by atoms with Gasteiger partial charge in [0, 0.05) is 45.3 Å². The van der Waals surface area contributed by atoms with Crippen LogP contribution in [0.2, 0.25) is 0 Å². The van der Waals surface area contributed by atoms with Crippen LogP contribution in [0.15, 0.2) is 24.3 Å². The second-order valence-electron chi connectivity index (χ2n) is 6.54. The average Bonchev–Trinajstić information content (AvgIpc) is 2.61. The highest BCUT2D eigenvalue weighted by atomic mass is 16.5. The van der Waals surface area contributed by atoms with Crippen molar-refractivity contribution in [1.29, 1.82) is 0 Å². The number of unbranched alkanes of at least 4 members (excludes halogenated alkanes) is 2. The van der Waals surface area contributed by atoms with Crippen molar-refractivity contribution in [1.82, 2.24) is 15.5 Å². The van der Waals surface area contributed by atoms with E-state index in [-0.39, 0.29) is 5.75 Å². The predicted molar refractivity (Wildman–Crippen MR) is 98.8 cm³/mol. The monoisotopic (exact) mass is 335 g/mol. The van der Waals surface area contributed by atoms with E-state index in [1.807, 2.05) is 12.1 Å². The molecule has 0 aromatic heterocycles. The van der Waals surface area contributed by atoms with Gasteiger partial charge in [0.1, 0.15) is 18.1 Å². The molecule has 0 saturated carbocycles. The summed E-state index contributed by atoms with van der Waals surface area (Å²) in [5, 5.41) is 16.4. The number of ether oxygens (including phenoxy) is 1. The number of hydrogen-bond acceptors (Lipinski definition) is 5. The fraction of sp³-hybridized carbons (Fsp3) is 0.684. The van der Waals surface area contributed by atoms with Gasteiger partial charge in [-0.2, -0.15) is 0 Å². The van der Waals surface area contributed by atoms with Crippen molar-refractivity contribution in [2.75, 3.05) is 45.9 Å². The summed E-state index contributed by atoms with van der Waals surface area (Å²) in [4.78, 5) is 2.51. The number of phenolic OH excluding ortho intramolecular Hbond substituents is 1. The third-order valence-corrected chi connectivity index (χ3v) is 4.51. The molecule has 1 saturated heterocycles. The molecule has 1 unspecified atom stereocenters. The third-order valence-electron chi connectivity index (χ3n) is 4.51. The molecule has 5 nitrogen and oxygen atoms in total. The molecule has 1 aliphatic rings. The first kappa shape index (κ1) is 19.0. The van der Waals surface area contributed by atoms with Crippen molar-refractivity contribution in [3.8, 4) is 11.5 Å². The van der Waals surface area contributed by atoms with Crippen LogP contribution in [0, 0.1) is 0 Å². The van der Waals surface area contributed by atoms with E-state index in [4.69, 9.17) is 4.74 Å². The van der Waals surface area contributed by atoms with Crippen molar-refractivity contribution in [2.45, 2.75) is 38.6 Å². The molecule has 0 radical (unpaired) electrons. The van der Waals surface area contributed by atoms with E-state index in [0.717, 1.165) is 51.4 Å². The van der Waals surface area contributed by atoms with E-state index in [0.29, 0.717) is 12.6 Å². The fourth-order valence-electron chi connectivity index (χ4n) is 2.99. The van der Waals surface area contributed by atoms with Gasteiger partial charge in [-0.1, -0.05) is 26.2 Å². The van der Waals surface area contributed by atoms with Gasteiger partial charge >= 0.3 is 0 Å². The van der Waals surface area contributed by atoms with Gasteiger partial charge < -0.3 is 20.5 Å². The van der Waals surface area contributed by atoms with Crippen LogP contribution in [0.1, 0.15) is 32.6 Å². The number of piperazine rings is 1. The molecule has 0 amide bonds. The normalized spacial score (nSPS) is 16.9. The Morgan fingerprint density at radius 2 is 1.96 bits per heavy atom. The number of nitrogens with zero attached hydrogens (tertiary/aromatic N) is 1. The van der Waals surface area contributed by atoms with Gasteiger partial charge in [-0.05, 0) is 30.7 Å². The maximum absolute atomic E-state index is 9.34. The summed E-state index contributed by atoms with van der Waals surface area (Å²) >= 11 is 0. The van der Waals surface area contributed by atoms with Crippen molar-refractivity contribution < 1.29 is 9.84 Å². The lowest BCUT2D eigenvalue weighted by Crippen LogP contribution is -2.47. The minimum atomic E-state index is 0.274. The highest BCUT2D eigenvalue weighted by Crippen LogP contribution is 2.16. The van der Waals surface area contributed by atoms with Gasteiger partial charge in [-0.15, -0.1) is 0 Å². The Bertz CT molecular complexity index is 433. The summed E-state index contributed by atoms with van der Waals surface area (Å²) in [6, 6.07) is 7.35. The van der Waals surface area contributed by atoms with E-state index in [2.05, 4.69) is 22.5 Å². The van der Waals surface area contributed by atoms with Crippen molar-refractivity contribution in [3.05, 3.63) is 24.3 Å². The fourth-order valence-corrected chi connectivity index (χ4v) is 2.99. The van der Waals surface area contributed by atoms with Gasteiger partial charge in [0.25, 0.3) is 0 Å². The van der Waals surface area contributed by atoms with E-state index in [1.165, 1.54) is 19.3 Å². The molecule has 24 heavy (non-hydrogen) atoms. The lowest BCUT2D eigenvalue weighted by molar-refractivity contribution is 0.219. The summed E-state index contributed by atoms with van der Waals surface area (Å²) < 4.78 is 5.90. The molecule has 3 N–H and O–H groups in total. The van der Waals surface area contributed by atoms with Crippen LogP contribution in [0.4, 0.5) is 0 Å². The average molecular weight is 335 g/mol. The van der Waals surface area contributed by atoms with Crippen molar-refractivity contribution >= 4 is 0 Å². The molecule has 1 aliphatic heterocycles. The van der Waals surface area contributed by atoms with E-state index < -0.39 is 0 Å². The molecule has 0 spiro atoms. The van der Waals surface area contributed by atoms with Gasteiger partial charge in [0.2, 0.25) is 0 Å². The summed E-state index contributed by atoms with van der Waals surface area (Å²) in [5.41, 5.74) is 0. The Morgan fingerprint density at radius 3 is 2.67 bits per heavy atom. The Kier molecular flexibility index (Phi) is 8.95. The zero-order valence-electron chi connectivity index (χ0n) is 15.0. The SMILES string of the molecule is CCCCCC(COc1ccc(O)cc1)NCCN1CCNCC1. The minimum Gasteiger partial charge on any atom is -0.508 e. The van der Waals surface area contributed by atoms with Crippen LogP contribution >= 0.6 is 0 Å². The van der Waals surface area contributed by atoms with Gasteiger partial charge in [0.05, 0.1) is 0 Å². The van der Waals surface area contributed by atoms with Gasteiger partial charge in [-0.3, -0.25) is 4.90 Å². The Labute approximate surface area is 146 Å². The van der Waals surface area contributed by atoms with Crippen LogP contribution in [-0.2, 0) is 0 Å². The zero-order valence-corrected chi connectivity index (χ0v) is 15.0. The molecule has 5 heteroatoms. The highest BCUT2D eigenvalue weighted by Gasteiger charge is 2.12. The minimum absolute atomic E-state index is 0.274. The Balaban J connectivity index is 1.71. The number of benzene rings is 1. The van der Waals surface area contributed by atoms with Crippen molar-refractivity contribution in [2.24, 2.45) is 0 Å². The predicted octanol–water partition coefficient (Wildman–Crippen LogP) is 2.21. The third kappa shape index (κ3) is 7.51. The second kappa shape index (κ2) is 11.3. The molecule has 1 fully saturated rings.